The number of anilines is 3. The summed E-state index contributed by atoms with van der Waals surface area (Å²) in [6.45, 7) is 2.33. The lowest BCUT2D eigenvalue weighted by Crippen LogP contribution is -2.24. The van der Waals surface area contributed by atoms with Gasteiger partial charge in [0.25, 0.3) is 0 Å². The summed E-state index contributed by atoms with van der Waals surface area (Å²) in [5.74, 6) is 2.05. The van der Waals surface area contributed by atoms with Crippen molar-refractivity contribution in [1.82, 2.24) is 9.97 Å². The lowest BCUT2D eigenvalue weighted by Gasteiger charge is -2.16. The maximum absolute atomic E-state index is 13.5. The molecule has 156 valence electrons. The molecule has 0 unspecified atom stereocenters. The Morgan fingerprint density at radius 1 is 1.27 bits per heavy atom. The van der Waals surface area contributed by atoms with E-state index in [0.717, 1.165) is 11.5 Å². The molecule has 1 aliphatic heterocycles. The average molecular weight is 465 g/mol. The van der Waals surface area contributed by atoms with Crippen LogP contribution in [0, 0.1) is 11.7 Å². The number of hydrogen-bond acceptors (Lipinski definition) is 7. The number of rotatable bonds is 6. The molecule has 2 N–H and O–H groups in total. The van der Waals surface area contributed by atoms with E-state index in [0.29, 0.717) is 40.5 Å². The maximum Gasteiger partial charge on any atom is 0.229 e. The van der Waals surface area contributed by atoms with Crippen LogP contribution in [0.25, 0.3) is 10.9 Å². The molecule has 1 fully saturated rings. The van der Waals surface area contributed by atoms with Crippen LogP contribution in [0.15, 0.2) is 36.7 Å². The Bertz CT molecular complexity index is 1100. The largest absolute Gasteiger partial charge is 0.492 e. The van der Waals surface area contributed by atoms with Crippen LogP contribution in [0.2, 0.25) is 5.02 Å². The highest BCUT2D eigenvalue weighted by molar-refractivity contribution is 8.77. The summed E-state index contributed by atoms with van der Waals surface area (Å²) < 4.78 is 19.2. The number of amides is 1. The van der Waals surface area contributed by atoms with Crippen LogP contribution in [-0.2, 0) is 4.79 Å². The Labute approximate surface area is 185 Å². The normalized spacial score (nSPS) is 14.1. The summed E-state index contributed by atoms with van der Waals surface area (Å²) in [4.78, 5) is 21.3. The van der Waals surface area contributed by atoms with Crippen molar-refractivity contribution in [2.75, 3.05) is 28.7 Å². The molecule has 1 aromatic heterocycles. The Morgan fingerprint density at radius 3 is 2.80 bits per heavy atom. The maximum atomic E-state index is 13.5. The second-order valence-corrected chi connectivity index (χ2v) is 9.49. The molecule has 2 heterocycles. The molecule has 0 aliphatic carbocycles. The third kappa shape index (κ3) is 4.58. The summed E-state index contributed by atoms with van der Waals surface area (Å²) >= 11 is 5.88. The molecule has 0 spiro atoms. The van der Waals surface area contributed by atoms with Gasteiger partial charge < -0.3 is 15.4 Å². The zero-order valence-electron chi connectivity index (χ0n) is 15.9. The topological polar surface area (TPSA) is 76.1 Å². The van der Waals surface area contributed by atoms with Gasteiger partial charge in [-0.2, -0.15) is 0 Å². The van der Waals surface area contributed by atoms with Crippen LogP contribution in [0.4, 0.5) is 21.6 Å². The van der Waals surface area contributed by atoms with Gasteiger partial charge in [-0.15, -0.1) is 0 Å². The van der Waals surface area contributed by atoms with Crippen LogP contribution >= 0.6 is 33.2 Å². The van der Waals surface area contributed by atoms with Crippen molar-refractivity contribution >= 4 is 67.2 Å². The fourth-order valence-electron chi connectivity index (χ4n) is 2.96. The Morgan fingerprint density at radius 2 is 2.07 bits per heavy atom. The number of hydrogen-bond donors (Lipinski definition) is 2. The number of ether oxygens (including phenoxy) is 1. The van der Waals surface area contributed by atoms with Gasteiger partial charge in [-0.1, -0.05) is 33.2 Å². The fourth-order valence-corrected chi connectivity index (χ4v) is 5.91. The Hall–Kier alpha value is -2.23. The number of benzene rings is 2. The Kier molecular flexibility index (Phi) is 6.50. The first kappa shape index (κ1) is 21.0. The first-order valence-electron chi connectivity index (χ1n) is 9.24. The minimum atomic E-state index is -0.496. The zero-order valence-corrected chi connectivity index (χ0v) is 18.3. The number of nitrogens with one attached hydrogen (secondary N) is 2. The number of carbonyl (C=O) groups excluding carboxylic acids is 1. The van der Waals surface area contributed by atoms with E-state index in [1.54, 1.807) is 39.8 Å². The van der Waals surface area contributed by atoms with E-state index >= 15 is 0 Å². The second-order valence-electron chi connectivity index (χ2n) is 6.53. The molecular weight excluding hydrogens is 447 g/mol. The van der Waals surface area contributed by atoms with Gasteiger partial charge in [0.15, 0.2) is 0 Å². The van der Waals surface area contributed by atoms with Crippen LogP contribution < -0.4 is 15.4 Å². The summed E-state index contributed by atoms with van der Waals surface area (Å²) in [7, 11) is 3.40. The second kappa shape index (κ2) is 9.28. The lowest BCUT2D eigenvalue weighted by molar-refractivity contribution is -0.118. The summed E-state index contributed by atoms with van der Waals surface area (Å²) in [5, 5.41) is 6.83. The quantitative estimate of drug-likeness (QED) is 0.465. The smallest absolute Gasteiger partial charge is 0.229 e. The van der Waals surface area contributed by atoms with Crippen LogP contribution in [-0.4, -0.2) is 34.0 Å². The lowest BCUT2D eigenvalue weighted by atomic mass is 10.1. The van der Waals surface area contributed by atoms with Crippen LogP contribution in [0.1, 0.15) is 6.92 Å². The number of halogens is 2. The van der Waals surface area contributed by atoms with Gasteiger partial charge in [0.05, 0.1) is 28.8 Å². The van der Waals surface area contributed by atoms with E-state index in [2.05, 4.69) is 20.6 Å². The molecule has 0 atom stereocenters. The number of fused-ring (bicyclic) bond motifs is 1. The minimum absolute atomic E-state index is 0.0113. The molecular formula is C20H18ClFN4O2S2. The van der Waals surface area contributed by atoms with E-state index in [1.807, 2.05) is 6.92 Å². The highest BCUT2D eigenvalue weighted by Crippen LogP contribution is 2.37. The van der Waals surface area contributed by atoms with E-state index in [-0.39, 0.29) is 16.8 Å². The van der Waals surface area contributed by atoms with Crippen LogP contribution in [0.3, 0.4) is 0 Å². The first-order chi connectivity index (χ1) is 14.5. The predicted octanol–water partition coefficient (Wildman–Crippen LogP) is 5.51. The minimum Gasteiger partial charge on any atom is -0.492 e. The third-order valence-electron chi connectivity index (χ3n) is 4.47. The SMILES string of the molecule is CCOc1cc2ncnc(Nc3ccc(F)c(Cl)c3)c2cc1NC(=O)C1CSSC1. The van der Waals surface area contributed by atoms with Gasteiger partial charge >= 0.3 is 0 Å². The molecule has 0 saturated carbocycles. The first-order valence-corrected chi connectivity index (χ1v) is 12.1. The number of aromatic nitrogens is 2. The monoisotopic (exact) mass is 464 g/mol. The van der Waals surface area contributed by atoms with Crippen molar-refractivity contribution in [2.45, 2.75) is 6.92 Å². The van der Waals surface area contributed by atoms with Crippen molar-refractivity contribution < 1.29 is 13.9 Å². The summed E-state index contributed by atoms with van der Waals surface area (Å²) in [6.07, 6.45) is 1.43. The molecule has 10 heteroatoms. The molecule has 2 aromatic carbocycles. The van der Waals surface area contributed by atoms with Crippen molar-refractivity contribution in [3.05, 3.63) is 47.5 Å². The molecule has 1 amide bonds. The van der Waals surface area contributed by atoms with Crippen LogP contribution in [0.5, 0.6) is 5.75 Å². The standard InChI is InChI=1S/C20H18ClFN4O2S2/c1-2-28-18-7-16-13(6-17(18)26-20(27)11-8-29-30-9-11)19(24-10-23-16)25-12-3-4-15(22)14(21)5-12/h3-7,10-11H,2,8-9H2,1H3,(H,26,27)(H,23,24,25). The molecule has 3 aromatic rings. The molecule has 0 bridgehead atoms. The van der Waals surface area contributed by atoms with E-state index in [1.165, 1.54) is 18.5 Å². The molecule has 30 heavy (non-hydrogen) atoms. The van der Waals surface area contributed by atoms with Gasteiger partial charge in [-0.3, -0.25) is 4.79 Å². The van der Waals surface area contributed by atoms with E-state index in [9.17, 15) is 9.18 Å². The highest BCUT2D eigenvalue weighted by atomic mass is 35.5. The van der Waals surface area contributed by atoms with Gasteiger partial charge in [-0.25, -0.2) is 14.4 Å². The summed E-state index contributed by atoms with van der Waals surface area (Å²) in [6, 6.07) is 7.90. The third-order valence-corrected chi connectivity index (χ3v) is 7.32. The number of nitrogens with zero attached hydrogens (tertiary/aromatic N) is 2. The van der Waals surface area contributed by atoms with Gasteiger partial charge in [0, 0.05) is 28.6 Å². The zero-order chi connectivity index (χ0) is 21.1. The highest BCUT2D eigenvalue weighted by Gasteiger charge is 2.25. The van der Waals surface area contributed by atoms with Crippen molar-refractivity contribution in [3.8, 4) is 5.75 Å². The molecule has 0 radical (unpaired) electrons. The van der Waals surface area contributed by atoms with Crippen molar-refractivity contribution in [2.24, 2.45) is 5.92 Å². The fraction of sp³-hybridized carbons (Fsp3) is 0.250. The van der Waals surface area contributed by atoms with E-state index in [4.69, 9.17) is 16.3 Å². The van der Waals surface area contributed by atoms with Gasteiger partial charge in [0.1, 0.15) is 23.7 Å². The molecule has 1 saturated heterocycles. The number of carbonyl (C=O) groups is 1. The van der Waals surface area contributed by atoms with Crippen molar-refractivity contribution in [3.63, 3.8) is 0 Å². The molecule has 6 nitrogen and oxygen atoms in total. The predicted molar refractivity (Wildman–Crippen MR) is 122 cm³/mol. The Balaban J connectivity index is 1.71. The average Bonchev–Trinajstić information content (AvgIpc) is 3.27. The van der Waals surface area contributed by atoms with Crippen molar-refractivity contribution in [1.29, 1.82) is 0 Å². The van der Waals surface area contributed by atoms with E-state index < -0.39 is 5.82 Å². The van der Waals surface area contributed by atoms with Gasteiger partial charge in [0.2, 0.25) is 5.91 Å². The molecule has 4 rings (SSSR count). The summed E-state index contributed by atoms with van der Waals surface area (Å²) in [5.41, 5.74) is 1.79. The molecule has 1 aliphatic rings. The van der Waals surface area contributed by atoms with Gasteiger partial charge in [-0.05, 0) is 31.2 Å².